The van der Waals surface area contributed by atoms with Crippen molar-refractivity contribution in [2.24, 2.45) is 5.16 Å². The lowest BCUT2D eigenvalue weighted by atomic mass is 10.2. The van der Waals surface area contributed by atoms with Crippen LogP contribution < -0.4 is 5.32 Å². The number of carbonyl (C=O) groups excluding carboxylic acids is 1. The highest BCUT2D eigenvalue weighted by Crippen LogP contribution is 2.01. The summed E-state index contributed by atoms with van der Waals surface area (Å²) < 4.78 is 0. The molecule has 0 heterocycles. The van der Waals surface area contributed by atoms with Gasteiger partial charge in [-0.05, 0) is 18.6 Å². The molecular formula is C12H14N2O2. The molecule has 1 aromatic rings. The van der Waals surface area contributed by atoms with Crippen molar-refractivity contribution < 1.29 is 9.63 Å². The smallest absolute Gasteiger partial charge is 0.323 e. The number of rotatable bonds is 3. The van der Waals surface area contributed by atoms with Crippen LogP contribution in [0.5, 0.6) is 0 Å². The molecule has 0 unspecified atom stereocenters. The van der Waals surface area contributed by atoms with Gasteiger partial charge in [-0.3, -0.25) is 4.84 Å². The first-order valence-electron chi connectivity index (χ1n) is 4.89. The van der Waals surface area contributed by atoms with E-state index in [1.807, 2.05) is 36.4 Å². The van der Waals surface area contributed by atoms with E-state index in [-0.39, 0.29) is 0 Å². The Morgan fingerprint density at radius 1 is 1.38 bits per heavy atom. The summed E-state index contributed by atoms with van der Waals surface area (Å²) in [6.45, 7) is 1.75. The van der Waals surface area contributed by atoms with Gasteiger partial charge in [-0.15, -0.1) is 0 Å². The fourth-order valence-corrected chi connectivity index (χ4v) is 0.971. The van der Waals surface area contributed by atoms with Crippen LogP contribution >= 0.6 is 0 Å². The predicted octanol–water partition coefficient (Wildman–Crippen LogP) is 2.43. The Morgan fingerprint density at radius 2 is 2.06 bits per heavy atom. The van der Waals surface area contributed by atoms with Crippen molar-refractivity contribution in [1.29, 1.82) is 0 Å². The van der Waals surface area contributed by atoms with Crippen LogP contribution in [0.1, 0.15) is 12.5 Å². The van der Waals surface area contributed by atoms with Crippen molar-refractivity contribution in [2.75, 3.05) is 7.05 Å². The summed E-state index contributed by atoms with van der Waals surface area (Å²) >= 11 is 0. The summed E-state index contributed by atoms with van der Waals surface area (Å²) in [5.41, 5.74) is 1.68. The number of allylic oxidation sites excluding steroid dienone is 1. The van der Waals surface area contributed by atoms with Crippen molar-refractivity contribution in [3.05, 3.63) is 42.0 Å². The van der Waals surface area contributed by atoms with Gasteiger partial charge in [0, 0.05) is 7.05 Å². The fraction of sp³-hybridized carbons (Fsp3) is 0.167. The normalized spacial score (nSPS) is 11.5. The number of benzene rings is 1. The molecule has 1 rings (SSSR count). The Morgan fingerprint density at radius 3 is 2.69 bits per heavy atom. The first kappa shape index (κ1) is 12.0. The molecule has 0 aliphatic rings. The molecule has 4 heteroatoms. The highest BCUT2D eigenvalue weighted by atomic mass is 16.7. The van der Waals surface area contributed by atoms with Gasteiger partial charge in [0.2, 0.25) is 0 Å². The van der Waals surface area contributed by atoms with E-state index >= 15 is 0 Å². The summed E-state index contributed by atoms with van der Waals surface area (Å²) in [7, 11) is 1.48. The molecule has 16 heavy (non-hydrogen) atoms. The molecule has 1 aromatic carbocycles. The maximum absolute atomic E-state index is 10.7. The van der Waals surface area contributed by atoms with Gasteiger partial charge in [-0.1, -0.05) is 41.6 Å². The Bertz CT molecular complexity index is 397. The van der Waals surface area contributed by atoms with Gasteiger partial charge in [0.05, 0.1) is 5.71 Å². The minimum absolute atomic E-state index is 0.576. The monoisotopic (exact) mass is 218 g/mol. The van der Waals surface area contributed by atoms with Crippen LogP contribution in [0.25, 0.3) is 6.08 Å². The third-order valence-electron chi connectivity index (χ3n) is 1.79. The Balaban J connectivity index is 2.54. The average Bonchev–Trinajstić information content (AvgIpc) is 2.34. The maximum Gasteiger partial charge on any atom is 0.433 e. The highest BCUT2D eigenvalue weighted by molar-refractivity contribution is 5.96. The highest BCUT2D eigenvalue weighted by Gasteiger charge is 1.94. The molecule has 0 aliphatic heterocycles. The lowest BCUT2D eigenvalue weighted by Gasteiger charge is -1.95. The zero-order valence-electron chi connectivity index (χ0n) is 9.31. The standard InChI is InChI=1S/C12H14N2O2/c1-10(14-16-12(15)13-2)8-9-11-6-4-3-5-7-11/h3-9H,1-2H3,(H,13,15)/b9-8+,14-10-. The number of oxime groups is 1. The van der Waals surface area contributed by atoms with E-state index in [1.165, 1.54) is 7.05 Å². The van der Waals surface area contributed by atoms with Gasteiger partial charge in [0.15, 0.2) is 0 Å². The third-order valence-corrected chi connectivity index (χ3v) is 1.79. The molecular weight excluding hydrogens is 204 g/mol. The molecule has 0 radical (unpaired) electrons. The summed E-state index contributed by atoms with van der Waals surface area (Å²) in [6.07, 6.45) is 3.09. The Labute approximate surface area is 94.6 Å². The zero-order chi connectivity index (χ0) is 11.8. The van der Waals surface area contributed by atoms with E-state index in [0.717, 1.165) is 5.56 Å². The molecule has 0 fully saturated rings. The van der Waals surface area contributed by atoms with Gasteiger partial charge in [-0.2, -0.15) is 0 Å². The number of hydrogen-bond donors (Lipinski definition) is 1. The first-order chi connectivity index (χ1) is 7.72. The van der Waals surface area contributed by atoms with Gasteiger partial charge >= 0.3 is 6.09 Å². The molecule has 0 spiro atoms. The van der Waals surface area contributed by atoms with E-state index in [2.05, 4.69) is 15.3 Å². The number of carbonyl (C=O) groups is 1. The van der Waals surface area contributed by atoms with Crippen LogP contribution in [0.2, 0.25) is 0 Å². The third kappa shape index (κ3) is 4.41. The maximum atomic E-state index is 10.7. The predicted molar refractivity (Wildman–Crippen MR) is 64.1 cm³/mol. The van der Waals surface area contributed by atoms with Crippen LogP contribution in [0, 0.1) is 0 Å². The second-order valence-corrected chi connectivity index (χ2v) is 3.11. The van der Waals surface area contributed by atoms with Crippen LogP contribution in [0.3, 0.4) is 0 Å². The number of nitrogens with zero attached hydrogens (tertiary/aromatic N) is 1. The first-order valence-corrected chi connectivity index (χ1v) is 4.89. The van der Waals surface area contributed by atoms with Crippen molar-refractivity contribution in [2.45, 2.75) is 6.92 Å². The quantitative estimate of drug-likeness (QED) is 0.481. The van der Waals surface area contributed by atoms with Crippen molar-refractivity contribution in [1.82, 2.24) is 5.32 Å². The number of nitrogens with one attached hydrogen (secondary N) is 1. The van der Waals surface area contributed by atoms with Crippen LogP contribution in [0.15, 0.2) is 41.6 Å². The Hall–Kier alpha value is -2.10. The molecule has 84 valence electrons. The second kappa shape index (κ2) is 6.40. The summed E-state index contributed by atoms with van der Waals surface area (Å²) in [6, 6.07) is 9.81. The summed E-state index contributed by atoms with van der Waals surface area (Å²) in [5.74, 6) is 0. The molecule has 1 N–H and O–H groups in total. The van der Waals surface area contributed by atoms with Gasteiger partial charge in [0.1, 0.15) is 0 Å². The Kier molecular flexibility index (Phi) is 4.79. The SMILES string of the molecule is CNC(=O)O/N=C(C)\C=C\c1ccccc1. The molecule has 0 aliphatic carbocycles. The van der Waals surface area contributed by atoms with E-state index in [9.17, 15) is 4.79 Å². The van der Waals surface area contributed by atoms with Crippen molar-refractivity contribution in [3.63, 3.8) is 0 Å². The fourth-order valence-electron chi connectivity index (χ4n) is 0.971. The van der Waals surface area contributed by atoms with Crippen LogP contribution in [-0.4, -0.2) is 18.9 Å². The molecule has 0 saturated carbocycles. The van der Waals surface area contributed by atoms with Gasteiger partial charge in [0.25, 0.3) is 0 Å². The van der Waals surface area contributed by atoms with Crippen LogP contribution in [0.4, 0.5) is 4.79 Å². The molecule has 1 amide bonds. The minimum Gasteiger partial charge on any atom is -0.323 e. The zero-order valence-corrected chi connectivity index (χ0v) is 9.31. The second-order valence-electron chi connectivity index (χ2n) is 3.11. The molecule has 0 atom stereocenters. The number of hydrogen-bond acceptors (Lipinski definition) is 3. The molecule has 0 saturated heterocycles. The van der Waals surface area contributed by atoms with E-state index in [0.29, 0.717) is 5.71 Å². The average molecular weight is 218 g/mol. The van der Waals surface area contributed by atoms with Gasteiger partial charge < -0.3 is 5.32 Å². The van der Waals surface area contributed by atoms with E-state index < -0.39 is 6.09 Å². The molecule has 0 aromatic heterocycles. The topological polar surface area (TPSA) is 50.7 Å². The lowest BCUT2D eigenvalue weighted by molar-refractivity contribution is 0.153. The van der Waals surface area contributed by atoms with Crippen molar-refractivity contribution in [3.8, 4) is 0 Å². The molecule has 4 nitrogen and oxygen atoms in total. The number of amides is 1. The summed E-state index contributed by atoms with van der Waals surface area (Å²) in [4.78, 5) is 15.3. The van der Waals surface area contributed by atoms with Crippen LogP contribution in [-0.2, 0) is 4.84 Å². The van der Waals surface area contributed by atoms with Crippen molar-refractivity contribution >= 4 is 17.9 Å². The lowest BCUT2D eigenvalue weighted by Crippen LogP contribution is -2.17. The van der Waals surface area contributed by atoms with Gasteiger partial charge in [-0.25, -0.2) is 4.79 Å². The summed E-state index contributed by atoms with van der Waals surface area (Å²) in [5, 5.41) is 5.93. The van der Waals surface area contributed by atoms with E-state index in [1.54, 1.807) is 13.0 Å². The minimum atomic E-state index is -0.576. The molecule has 0 bridgehead atoms. The largest absolute Gasteiger partial charge is 0.433 e. The van der Waals surface area contributed by atoms with E-state index in [4.69, 9.17) is 0 Å².